The maximum atomic E-state index is 12.6. The molecule has 25 heavy (non-hydrogen) atoms. The summed E-state index contributed by atoms with van der Waals surface area (Å²) in [6.45, 7) is 1.99. The zero-order valence-electron chi connectivity index (χ0n) is 14.7. The minimum Gasteiger partial charge on any atom is -0.381 e. The fourth-order valence-corrected chi connectivity index (χ4v) is 4.65. The summed E-state index contributed by atoms with van der Waals surface area (Å²) in [6.07, 6.45) is 1.59. The number of ether oxygens (including phenoxy) is 1. The van der Waals surface area contributed by atoms with Gasteiger partial charge in [0.15, 0.2) is 0 Å². The summed E-state index contributed by atoms with van der Waals surface area (Å²) in [6, 6.07) is 9.52. The molecule has 0 saturated carbocycles. The van der Waals surface area contributed by atoms with Crippen molar-refractivity contribution in [1.29, 1.82) is 0 Å². The quantitative estimate of drug-likeness (QED) is 0.854. The van der Waals surface area contributed by atoms with Crippen LogP contribution in [0.5, 0.6) is 0 Å². The van der Waals surface area contributed by atoms with Gasteiger partial charge in [0, 0.05) is 25.1 Å². The number of fused-ring (bicyclic) bond motifs is 1. The van der Waals surface area contributed by atoms with Crippen LogP contribution in [0, 0.1) is 5.92 Å². The summed E-state index contributed by atoms with van der Waals surface area (Å²) < 4.78 is 33.2. The average molecular weight is 363 g/mol. The molecule has 0 spiro atoms. The summed E-state index contributed by atoms with van der Waals surface area (Å²) in [5.41, 5.74) is 2.15. The zero-order valence-corrected chi connectivity index (χ0v) is 15.6. The number of nitrogens with zero attached hydrogens (tertiary/aromatic N) is 2. The molecule has 0 aliphatic carbocycles. The van der Waals surface area contributed by atoms with Crippen LogP contribution in [0.1, 0.15) is 18.5 Å². The molecule has 1 aromatic carbocycles. The first-order valence-corrected chi connectivity index (χ1v) is 10.2. The van der Waals surface area contributed by atoms with E-state index < -0.39 is 10.0 Å². The summed E-state index contributed by atoms with van der Waals surface area (Å²) in [4.78, 5) is 6.69. The van der Waals surface area contributed by atoms with Gasteiger partial charge in [0.2, 0.25) is 10.0 Å². The second-order valence-corrected chi connectivity index (χ2v) is 8.62. The fraction of sp³-hybridized carbons (Fsp3) is 0.500. The third-order valence-electron chi connectivity index (χ3n) is 4.32. The normalized spacial score (nSPS) is 16.4. The highest BCUT2D eigenvalue weighted by Crippen LogP contribution is 2.24. The molecule has 1 aliphatic rings. The number of nitrogens with one attached hydrogen (secondary N) is 1. The molecule has 1 fully saturated rings. The van der Waals surface area contributed by atoms with Gasteiger partial charge in [0.05, 0.1) is 22.7 Å². The number of sulfonamides is 1. The van der Waals surface area contributed by atoms with E-state index in [1.54, 1.807) is 6.07 Å². The molecule has 0 amide bonds. The van der Waals surface area contributed by atoms with Crippen molar-refractivity contribution in [3.63, 3.8) is 0 Å². The van der Waals surface area contributed by atoms with Gasteiger partial charge in [-0.1, -0.05) is 18.2 Å². The van der Waals surface area contributed by atoms with Crippen LogP contribution in [-0.2, 0) is 21.3 Å². The minimum atomic E-state index is -3.42. The van der Waals surface area contributed by atoms with E-state index in [0.717, 1.165) is 23.9 Å². The Bertz CT molecular complexity index is 831. The van der Waals surface area contributed by atoms with Crippen LogP contribution < -0.4 is 4.72 Å². The van der Waals surface area contributed by atoms with Crippen LogP contribution in [0.4, 0.5) is 5.69 Å². The number of benzene rings is 1. The zero-order chi connectivity index (χ0) is 17.9. The molecular weight excluding hydrogens is 338 g/mol. The van der Waals surface area contributed by atoms with E-state index in [9.17, 15) is 8.42 Å². The molecule has 1 aromatic heterocycles. The molecule has 2 aromatic rings. The van der Waals surface area contributed by atoms with Crippen molar-refractivity contribution < 1.29 is 13.2 Å². The van der Waals surface area contributed by atoms with Crippen LogP contribution in [-0.4, -0.2) is 51.4 Å². The van der Waals surface area contributed by atoms with Crippen molar-refractivity contribution in [3.8, 4) is 0 Å². The Kier molecular flexibility index (Phi) is 5.56. The topological polar surface area (TPSA) is 71.5 Å². The van der Waals surface area contributed by atoms with Gasteiger partial charge in [-0.05, 0) is 45.0 Å². The fourth-order valence-electron chi connectivity index (χ4n) is 3.11. The van der Waals surface area contributed by atoms with E-state index >= 15 is 0 Å². The maximum absolute atomic E-state index is 12.6. The lowest BCUT2D eigenvalue weighted by Crippen LogP contribution is -2.27. The van der Waals surface area contributed by atoms with Crippen LogP contribution in [0.15, 0.2) is 30.3 Å². The van der Waals surface area contributed by atoms with Crippen LogP contribution in [0.3, 0.4) is 0 Å². The highest BCUT2D eigenvalue weighted by atomic mass is 32.2. The lowest BCUT2D eigenvalue weighted by molar-refractivity contribution is 0.0724. The van der Waals surface area contributed by atoms with Crippen molar-refractivity contribution >= 4 is 26.6 Å². The first kappa shape index (κ1) is 18.1. The summed E-state index contributed by atoms with van der Waals surface area (Å²) in [7, 11) is 0.543. The molecule has 0 radical (unpaired) electrons. The highest BCUT2D eigenvalue weighted by molar-refractivity contribution is 7.92. The van der Waals surface area contributed by atoms with Crippen LogP contribution in [0.2, 0.25) is 0 Å². The Labute approximate surface area is 149 Å². The number of hydrogen-bond donors (Lipinski definition) is 1. The Morgan fingerprint density at radius 3 is 2.68 bits per heavy atom. The third-order valence-corrected chi connectivity index (χ3v) is 5.76. The Morgan fingerprint density at radius 1 is 1.20 bits per heavy atom. The highest BCUT2D eigenvalue weighted by Gasteiger charge is 2.22. The predicted octanol–water partition coefficient (Wildman–Crippen LogP) is 2.46. The molecule has 2 heterocycles. The molecule has 0 unspecified atom stereocenters. The average Bonchev–Trinajstić information content (AvgIpc) is 2.55. The summed E-state index contributed by atoms with van der Waals surface area (Å²) in [5.74, 6) is 0.280. The maximum Gasteiger partial charge on any atom is 0.233 e. The number of para-hydroxylation sites is 1. The molecule has 0 atom stereocenters. The number of pyridine rings is 1. The van der Waals surface area contributed by atoms with Gasteiger partial charge in [-0.3, -0.25) is 4.72 Å². The molecule has 1 aliphatic heterocycles. The molecule has 1 saturated heterocycles. The van der Waals surface area contributed by atoms with E-state index in [1.165, 1.54) is 0 Å². The largest absolute Gasteiger partial charge is 0.381 e. The van der Waals surface area contributed by atoms with E-state index in [0.29, 0.717) is 31.0 Å². The second-order valence-electron chi connectivity index (χ2n) is 6.86. The van der Waals surface area contributed by atoms with Gasteiger partial charge < -0.3 is 9.64 Å². The smallest absolute Gasteiger partial charge is 0.233 e. The molecular formula is C18H25N3O3S. The lowest BCUT2D eigenvalue weighted by Gasteiger charge is -2.22. The molecule has 6 nitrogen and oxygen atoms in total. The molecule has 3 rings (SSSR count). The number of hydrogen-bond acceptors (Lipinski definition) is 5. The van der Waals surface area contributed by atoms with E-state index in [4.69, 9.17) is 4.74 Å². The number of aromatic nitrogens is 1. The third kappa shape index (κ3) is 4.90. The minimum absolute atomic E-state index is 0.129. The SMILES string of the molecule is CN(C)Cc1ccc2cccc(NS(=O)(=O)CC3CCOCC3)c2n1. The van der Waals surface area contributed by atoms with E-state index in [-0.39, 0.29) is 11.7 Å². The van der Waals surface area contributed by atoms with Crippen LogP contribution in [0.25, 0.3) is 10.9 Å². The molecule has 136 valence electrons. The number of anilines is 1. The van der Waals surface area contributed by atoms with Crippen molar-refractivity contribution in [1.82, 2.24) is 9.88 Å². The number of rotatable bonds is 6. The summed E-state index contributed by atoms with van der Waals surface area (Å²) >= 11 is 0. The Morgan fingerprint density at radius 2 is 1.96 bits per heavy atom. The Balaban J connectivity index is 1.84. The van der Waals surface area contributed by atoms with Crippen LogP contribution >= 0.6 is 0 Å². The second kappa shape index (κ2) is 7.68. The van der Waals surface area contributed by atoms with Gasteiger partial charge in [-0.15, -0.1) is 0 Å². The van der Waals surface area contributed by atoms with Gasteiger partial charge in [0.1, 0.15) is 0 Å². The van der Waals surface area contributed by atoms with Crippen molar-refractivity contribution in [2.24, 2.45) is 5.92 Å². The van der Waals surface area contributed by atoms with Gasteiger partial charge in [-0.25, -0.2) is 13.4 Å². The molecule has 7 heteroatoms. The van der Waals surface area contributed by atoms with Gasteiger partial charge >= 0.3 is 0 Å². The van der Waals surface area contributed by atoms with Gasteiger partial charge in [0.25, 0.3) is 0 Å². The monoisotopic (exact) mass is 363 g/mol. The molecule has 1 N–H and O–H groups in total. The predicted molar refractivity (Wildman–Crippen MR) is 100 cm³/mol. The van der Waals surface area contributed by atoms with Crippen molar-refractivity contribution in [2.45, 2.75) is 19.4 Å². The summed E-state index contributed by atoms with van der Waals surface area (Å²) in [5, 5.41) is 0.925. The van der Waals surface area contributed by atoms with Crippen molar-refractivity contribution in [2.75, 3.05) is 37.8 Å². The standard InChI is InChI=1S/C18H25N3O3S/c1-21(2)12-16-7-6-15-4-3-5-17(18(15)19-16)20-25(22,23)13-14-8-10-24-11-9-14/h3-7,14,20H,8-13H2,1-2H3. The first-order chi connectivity index (χ1) is 11.9. The lowest BCUT2D eigenvalue weighted by atomic mass is 10.0. The van der Waals surface area contributed by atoms with E-state index in [2.05, 4.69) is 9.71 Å². The molecule has 0 bridgehead atoms. The van der Waals surface area contributed by atoms with E-state index in [1.807, 2.05) is 43.3 Å². The van der Waals surface area contributed by atoms with Gasteiger partial charge in [-0.2, -0.15) is 0 Å². The Hall–Kier alpha value is -1.70. The van der Waals surface area contributed by atoms with Crippen molar-refractivity contribution in [3.05, 3.63) is 36.0 Å². The first-order valence-electron chi connectivity index (χ1n) is 8.54.